The van der Waals surface area contributed by atoms with Gasteiger partial charge in [-0.25, -0.2) is 0 Å². The highest BCUT2D eigenvalue weighted by Gasteiger charge is 2.19. The van der Waals surface area contributed by atoms with Crippen LogP contribution in [-0.4, -0.2) is 35.4 Å². The molecule has 0 aliphatic rings. The summed E-state index contributed by atoms with van der Waals surface area (Å²) in [7, 11) is 0. The first kappa shape index (κ1) is 17.7. The molecular weight excluding hydrogens is 330 g/mol. The van der Waals surface area contributed by atoms with E-state index >= 15 is 0 Å². The number of nitrogens with one attached hydrogen (secondary N) is 2. The highest BCUT2D eigenvalue weighted by atomic mass is 32.1. The number of rotatable bonds is 8. The SMILES string of the molecule is CCN(CC)C(CNC(=O)Cc1c[nH]c2ccccc12)c1ccsc1. The number of thiophene rings is 1. The van der Waals surface area contributed by atoms with Gasteiger partial charge in [-0.15, -0.1) is 0 Å². The van der Waals surface area contributed by atoms with E-state index in [2.05, 4.69) is 51.9 Å². The minimum absolute atomic E-state index is 0.0668. The molecule has 2 heterocycles. The van der Waals surface area contributed by atoms with E-state index in [0.717, 1.165) is 29.6 Å². The number of carbonyl (C=O) groups is 1. The first-order chi connectivity index (χ1) is 12.2. The van der Waals surface area contributed by atoms with Crippen LogP contribution in [0.15, 0.2) is 47.3 Å². The van der Waals surface area contributed by atoms with Gasteiger partial charge in [-0.3, -0.25) is 9.69 Å². The van der Waals surface area contributed by atoms with E-state index < -0.39 is 0 Å². The van der Waals surface area contributed by atoms with Crippen molar-refractivity contribution in [2.24, 2.45) is 0 Å². The van der Waals surface area contributed by atoms with Crippen molar-refractivity contribution in [2.45, 2.75) is 26.3 Å². The van der Waals surface area contributed by atoms with Crippen molar-refractivity contribution >= 4 is 28.1 Å². The molecule has 3 aromatic rings. The summed E-state index contributed by atoms with van der Waals surface area (Å²) in [6, 6.07) is 10.5. The first-order valence-corrected chi connectivity index (χ1v) is 9.75. The van der Waals surface area contributed by atoms with Crippen LogP contribution in [0.4, 0.5) is 0 Å². The maximum atomic E-state index is 12.5. The van der Waals surface area contributed by atoms with Crippen LogP contribution in [0, 0.1) is 0 Å². The summed E-state index contributed by atoms with van der Waals surface area (Å²) in [5, 5.41) is 8.53. The molecular formula is C20H25N3OS. The molecule has 1 unspecified atom stereocenters. The fourth-order valence-corrected chi connectivity index (χ4v) is 4.02. The zero-order valence-corrected chi connectivity index (χ0v) is 15.6. The van der Waals surface area contributed by atoms with Crippen molar-refractivity contribution in [3.8, 4) is 0 Å². The molecule has 1 atom stereocenters. The van der Waals surface area contributed by atoms with Gasteiger partial charge in [-0.05, 0) is 47.1 Å². The normalized spacial score (nSPS) is 12.6. The summed E-state index contributed by atoms with van der Waals surface area (Å²) in [5.41, 5.74) is 3.40. The lowest BCUT2D eigenvalue weighted by Gasteiger charge is -2.29. The molecule has 5 heteroatoms. The van der Waals surface area contributed by atoms with E-state index in [1.807, 2.05) is 24.4 Å². The van der Waals surface area contributed by atoms with Crippen LogP contribution in [0.1, 0.15) is 31.0 Å². The Kier molecular flexibility index (Phi) is 5.89. The smallest absolute Gasteiger partial charge is 0.224 e. The molecule has 25 heavy (non-hydrogen) atoms. The second-order valence-corrected chi connectivity index (χ2v) is 6.91. The molecule has 0 saturated heterocycles. The van der Waals surface area contributed by atoms with Gasteiger partial charge in [-0.1, -0.05) is 32.0 Å². The Labute approximate surface area is 152 Å². The lowest BCUT2D eigenvalue weighted by Crippen LogP contribution is -2.38. The lowest BCUT2D eigenvalue weighted by molar-refractivity contribution is -0.120. The van der Waals surface area contributed by atoms with Crippen molar-refractivity contribution in [3.63, 3.8) is 0 Å². The Morgan fingerprint density at radius 3 is 2.76 bits per heavy atom. The summed E-state index contributed by atoms with van der Waals surface area (Å²) >= 11 is 1.70. The maximum Gasteiger partial charge on any atom is 0.224 e. The van der Waals surface area contributed by atoms with Crippen LogP contribution in [0.5, 0.6) is 0 Å². The maximum absolute atomic E-state index is 12.5. The quantitative estimate of drug-likeness (QED) is 0.642. The van der Waals surface area contributed by atoms with Gasteiger partial charge < -0.3 is 10.3 Å². The van der Waals surface area contributed by atoms with Crippen molar-refractivity contribution in [1.29, 1.82) is 0 Å². The van der Waals surface area contributed by atoms with E-state index in [9.17, 15) is 4.79 Å². The average molecular weight is 356 g/mol. The minimum Gasteiger partial charge on any atom is -0.361 e. The van der Waals surface area contributed by atoms with Crippen LogP contribution in [-0.2, 0) is 11.2 Å². The summed E-state index contributed by atoms with van der Waals surface area (Å²) in [5.74, 6) is 0.0668. The van der Waals surface area contributed by atoms with Crippen LogP contribution in [0.25, 0.3) is 10.9 Å². The van der Waals surface area contributed by atoms with Gasteiger partial charge >= 0.3 is 0 Å². The largest absolute Gasteiger partial charge is 0.361 e. The van der Waals surface area contributed by atoms with Gasteiger partial charge in [0.05, 0.1) is 12.5 Å². The van der Waals surface area contributed by atoms with Crippen molar-refractivity contribution < 1.29 is 4.79 Å². The van der Waals surface area contributed by atoms with Gasteiger partial charge in [0.15, 0.2) is 0 Å². The Morgan fingerprint density at radius 1 is 1.24 bits per heavy atom. The second-order valence-electron chi connectivity index (χ2n) is 6.13. The monoisotopic (exact) mass is 355 g/mol. The molecule has 1 aromatic carbocycles. The third-order valence-electron chi connectivity index (χ3n) is 4.70. The number of aromatic amines is 1. The Bertz CT molecular complexity index is 805. The molecule has 0 radical (unpaired) electrons. The average Bonchev–Trinajstić information content (AvgIpc) is 3.29. The highest BCUT2D eigenvalue weighted by molar-refractivity contribution is 7.07. The van der Waals surface area contributed by atoms with Gasteiger partial charge in [0.1, 0.15) is 0 Å². The number of para-hydroxylation sites is 1. The zero-order chi connectivity index (χ0) is 17.6. The van der Waals surface area contributed by atoms with E-state index in [0.29, 0.717) is 13.0 Å². The molecule has 3 rings (SSSR count). The Balaban J connectivity index is 1.65. The summed E-state index contributed by atoms with van der Waals surface area (Å²) in [6.45, 7) is 6.90. The second kappa shape index (κ2) is 8.32. The zero-order valence-electron chi connectivity index (χ0n) is 14.8. The molecule has 0 aliphatic carbocycles. The molecule has 132 valence electrons. The van der Waals surface area contributed by atoms with Gasteiger partial charge in [-0.2, -0.15) is 11.3 Å². The van der Waals surface area contributed by atoms with Crippen LogP contribution in [0.3, 0.4) is 0 Å². The third-order valence-corrected chi connectivity index (χ3v) is 5.40. The minimum atomic E-state index is 0.0668. The van der Waals surface area contributed by atoms with Gasteiger partial charge in [0, 0.05) is 23.6 Å². The number of benzene rings is 1. The number of carbonyl (C=O) groups excluding carboxylic acids is 1. The fourth-order valence-electron chi connectivity index (χ4n) is 3.31. The van der Waals surface area contributed by atoms with E-state index in [1.165, 1.54) is 5.56 Å². The van der Waals surface area contributed by atoms with Crippen LogP contribution < -0.4 is 5.32 Å². The molecule has 2 N–H and O–H groups in total. The number of aromatic nitrogens is 1. The molecule has 0 spiro atoms. The predicted octanol–water partition coefficient (Wildman–Crippen LogP) is 3.97. The Hall–Kier alpha value is -2.11. The topological polar surface area (TPSA) is 48.1 Å². The first-order valence-electron chi connectivity index (χ1n) is 8.80. The number of fused-ring (bicyclic) bond motifs is 1. The van der Waals surface area contributed by atoms with Gasteiger partial charge in [0.2, 0.25) is 5.91 Å². The number of likely N-dealkylation sites (N-methyl/N-ethyl adjacent to an activating group) is 1. The summed E-state index contributed by atoms with van der Waals surface area (Å²) in [6.07, 6.45) is 2.34. The fraction of sp³-hybridized carbons (Fsp3) is 0.350. The number of hydrogen-bond donors (Lipinski definition) is 2. The van der Waals surface area contributed by atoms with Crippen molar-refractivity contribution in [3.05, 3.63) is 58.4 Å². The third kappa shape index (κ3) is 4.11. The molecule has 1 amide bonds. The van der Waals surface area contributed by atoms with Gasteiger partial charge in [0.25, 0.3) is 0 Å². The van der Waals surface area contributed by atoms with Crippen molar-refractivity contribution in [2.75, 3.05) is 19.6 Å². The summed E-state index contributed by atoms with van der Waals surface area (Å²) < 4.78 is 0. The number of nitrogens with zero attached hydrogens (tertiary/aromatic N) is 1. The van der Waals surface area contributed by atoms with Crippen LogP contribution >= 0.6 is 11.3 Å². The highest BCUT2D eigenvalue weighted by Crippen LogP contribution is 2.22. The van der Waals surface area contributed by atoms with Crippen molar-refractivity contribution in [1.82, 2.24) is 15.2 Å². The molecule has 4 nitrogen and oxygen atoms in total. The molecule has 0 aliphatic heterocycles. The molecule has 2 aromatic heterocycles. The Morgan fingerprint density at radius 2 is 2.04 bits per heavy atom. The molecule has 0 bridgehead atoms. The van der Waals surface area contributed by atoms with E-state index in [-0.39, 0.29) is 11.9 Å². The number of hydrogen-bond acceptors (Lipinski definition) is 3. The van der Waals surface area contributed by atoms with Crippen LogP contribution in [0.2, 0.25) is 0 Å². The number of H-pyrrole nitrogens is 1. The standard InChI is InChI=1S/C20H25N3OS/c1-3-23(4-2)19(15-9-10-25-14-15)13-22-20(24)11-16-12-21-18-8-6-5-7-17(16)18/h5-10,12,14,19,21H,3-4,11,13H2,1-2H3,(H,22,24). The summed E-state index contributed by atoms with van der Waals surface area (Å²) in [4.78, 5) is 18.1. The number of amides is 1. The molecule has 0 saturated carbocycles. The molecule has 0 fully saturated rings. The lowest BCUT2D eigenvalue weighted by atomic mass is 10.1. The van der Waals surface area contributed by atoms with E-state index in [1.54, 1.807) is 11.3 Å². The predicted molar refractivity (Wildman–Crippen MR) is 105 cm³/mol. The van der Waals surface area contributed by atoms with E-state index in [4.69, 9.17) is 0 Å².